The van der Waals surface area contributed by atoms with Crippen molar-refractivity contribution in [3.63, 3.8) is 0 Å². The Bertz CT molecular complexity index is 2920. The number of alkyl halides is 48. The molecular formula is C101H182F48. The Morgan fingerprint density at radius 2 is 0.544 bits per heavy atom. The Morgan fingerprint density at radius 1 is 0.242 bits per heavy atom. The van der Waals surface area contributed by atoms with Gasteiger partial charge in [0.25, 0.3) is 0 Å². The zero-order valence-electron chi connectivity index (χ0n) is 94.4. The van der Waals surface area contributed by atoms with E-state index in [1.54, 1.807) is 132 Å². The van der Waals surface area contributed by atoms with Crippen LogP contribution < -0.4 is 0 Å². The Kier molecular flexibility index (Phi) is 90.2. The lowest BCUT2D eigenvalue weighted by Crippen LogP contribution is -2.43. The second-order valence-electron chi connectivity index (χ2n) is 42.8. The molecule has 0 heterocycles. The first-order valence-electron chi connectivity index (χ1n) is 49.9. The molecule has 0 aliphatic carbocycles. The maximum absolute atomic E-state index is 12.3. The first-order chi connectivity index (χ1) is 64.8. The minimum absolute atomic E-state index is 0.0658. The van der Waals surface area contributed by atoms with Crippen LogP contribution in [0.2, 0.25) is 0 Å². The van der Waals surface area contributed by atoms with E-state index in [-0.39, 0.29) is 78.9 Å². The minimum atomic E-state index is -5.19. The summed E-state index contributed by atoms with van der Waals surface area (Å²) in [6, 6.07) is 0. The highest BCUT2D eigenvalue weighted by atomic mass is 19.5. The van der Waals surface area contributed by atoms with Crippen LogP contribution in [-0.2, 0) is 0 Å². The maximum Gasteiger partial charge on any atom is 0.400 e. The van der Waals surface area contributed by atoms with Gasteiger partial charge >= 0.3 is 98.8 Å². The standard InChI is InChI=1S/3C8H15F3.2C7H10F6.9C7H13F3/c1-6(2,3)7(4,5)8(9,10)11;2*1-5(2)6(3)7(4)8(9,10)11;1-4(2)3-5(6(8,9)10)7(11,12)13;1-2-3-4-5(6(8,9)10)7(11,12)13;1-5(2)6(3,4)7(8,9)10;1-4-6(2,3)5-7(8,9)10;1-4-5-6(2,3)7(8,9)10;2*1-4-5(2)6(3)7(8,9)10;1-3-4-6(2)5-7(8,9)10;1-3-4-5-6(2)7(8,9)10;1-3-6(4-2)5-7(8,9)10;1-2-3-4-5-6-7(8,9)10/h1-5H3;2*5-7H,1-4H3;4-5H,3H2,1-2H3;5H,2-4H2,1H3;5H,1-4H3;2*4-5H2,1-3H3;2*5-6H,4H2,1-3H3;3*6H,3-5H2,1-2H3;2-6H2,1H3/t;2*6-,7?;;;;;;5?,6-;5-,6?;2*6-;;/m.11.....1000../s1. The number of hydrogen-bond donors (Lipinski definition) is 0. The second-order valence-corrected chi connectivity index (χ2v) is 42.8. The molecule has 0 aliphatic heterocycles. The molecular weight excluding hydrogens is 2130 g/mol. The smallest absolute Gasteiger partial charge is 0.171 e. The van der Waals surface area contributed by atoms with Crippen LogP contribution in [0.15, 0.2) is 0 Å². The Balaban J connectivity index is -0.000000110. The Labute approximate surface area is 858 Å². The topological polar surface area (TPSA) is 0 Å². The zero-order valence-corrected chi connectivity index (χ0v) is 94.4. The molecule has 0 aromatic carbocycles. The average Bonchev–Trinajstić information content (AvgIpc) is 0.786. The van der Waals surface area contributed by atoms with Crippen molar-refractivity contribution < 1.29 is 211 Å². The van der Waals surface area contributed by atoms with Crippen molar-refractivity contribution in [1.82, 2.24) is 0 Å². The van der Waals surface area contributed by atoms with Gasteiger partial charge in [0.2, 0.25) is 0 Å². The van der Waals surface area contributed by atoms with Gasteiger partial charge < -0.3 is 0 Å². The van der Waals surface area contributed by atoms with E-state index in [1.807, 2.05) is 48.5 Å². The Morgan fingerprint density at radius 3 is 0.671 bits per heavy atom. The summed E-state index contributed by atoms with van der Waals surface area (Å²) < 4.78 is 570. The number of halogens is 48. The third kappa shape index (κ3) is 102. The van der Waals surface area contributed by atoms with Crippen molar-refractivity contribution in [3.8, 4) is 0 Å². The van der Waals surface area contributed by atoms with E-state index in [0.29, 0.717) is 64.2 Å². The molecule has 0 amide bonds. The van der Waals surface area contributed by atoms with Gasteiger partial charge in [-0.2, -0.15) is 211 Å². The molecule has 0 aliphatic rings. The van der Waals surface area contributed by atoms with Gasteiger partial charge in [-0.05, 0) is 102 Å². The summed E-state index contributed by atoms with van der Waals surface area (Å²) in [5, 5.41) is 0. The number of unbranched alkanes of at least 4 members (excludes halogenated alkanes) is 5. The highest BCUT2D eigenvalue weighted by Crippen LogP contribution is 2.52. The van der Waals surface area contributed by atoms with Crippen LogP contribution in [0, 0.1) is 128 Å². The molecule has 48 heteroatoms. The summed E-state index contributed by atoms with van der Waals surface area (Å²) in [6.45, 7) is 60.8. The van der Waals surface area contributed by atoms with E-state index in [9.17, 15) is 211 Å². The normalized spacial score (nSPS) is 15.3. The van der Waals surface area contributed by atoms with E-state index in [2.05, 4.69) is 0 Å². The summed E-state index contributed by atoms with van der Waals surface area (Å²) in [5.74, 6) is -14.6. The van der Waals surface area contributed by atoms with Gasteiger partial charge in [0.15, 0.2) is 11.8 Å². The van der Waals surface area contributed by atoms with Crippen molar-refractivity contribution in [2.24, 2.45) is 128 Å². The quantitative estimate of drug-likeness (QED) is 0.0479. The monoisotopic (exact) mass is 2310 g/mol. The Hall–Kier alpha value is -3.36. The van der Waals surface area contributed by atoms with Gasteiger partial charge in [-0.25, -0.2) is 0 Å². The van der Waals surface area contributed by atoms with Crippen molar-refractivity contribution in [2.45, 2.75) is 523 Å². The third-order valence-electron chi connectivity index (χ3n) is 25.8. The summed E-state index contributed by atoms with van der Waals surface area (Å²) in [5.41, 5.74) is -6.04. The van der Waals surface area contributed by atoms with E-state index >= 15 is 0 Å². The molecule has 0 nitrogen and oxygen atoms in total. The van der Waals surface area contributed by atoms with E-state index < -0.39 is 212 Å². The molecule has 149 heavy (non-hydrogen) atoms. The lowest BCUT2D eigenvalue weighted by molar-refractivity contribution is -0.288. The van der Waals surface area contributed by atoms with Gasteiger partial charge in [0.1, 0.15) is 0 Å². The summed E-state index contributed by atoms with van der Waals surface area (Å²) in [7, 11) is 0. The lowest BCUT2D eigenvalue weighted by Gasteiger charge is -2.40. The van der Waals surface area contributed by atoms with Crippen LogP contribution in [0.3, 0.4) is 0 Å². The second kappa shape index (κ2) is 76.4. The predicted molar refractivity (Wildman–Crippen MR) is 500 cm³/mol. The van der Waals surface area contributed by atoms with Crippen LogP contribution in [0.25, 0.3) is 0 Å². The summed E-state index contributed by atoms with van der Waals surface area (Å²) in [6.07, 6.45) is -63.2. The summed E-state index contributed by atoms with van der Waals surface area (Å²) in [4.78, 5) is 0. The molecule has 0 bridgehead atoms. The largest absolute Gasteiger partial charge is 0.400 e. The third-order valence-corrected chi connectivity index (χ3v) is 25.8. The molecule has 0 aromatic heterocycles. The predicted octanol–water partition coefficient (Wildman–Crippen LogP) is 48.4. The molecule has 0 rings (SSSR count). The first-order valence-corrected chi connectivity index (χ1v) is 49.9. The molecule has 0 radical (unpaired) electrons. The van der Waals surface area contributed by atoms with Gasteiger partial charge in [-0.15, -0.1) is 0 Å². The van der Waals surface area contributed by atoms with Crippen LogP contribution in [0.4, 0.5) is 211 Å². The van der Waals surface area contributed by atoms with Crippen molar-refractivity contribution in [3.05, 3.63) is 0 Å². The van der Waals surface area contributed by atoms with Gasteiger partial charge in [0, 0.05) is 25.7 Å². The van der Waals surface area contributed by atoms with Crippen LogP contribution >= 0.6 is 0 Å². The van der Waals surface area contributed by atoms with Crippen LogP contribution in [0.5, 0.6) is 0 Å². The van der Waals surface area contributed by atoms with Crippen LogP contribution in [-0.4, -0.2) is 98.8 Å². The van der Waals surface area contributed by atoms with E-state index in [4.69, 9.17) is 0 Å². The van der Waals surface area contributed by atoms with E-state index in [0.717, 1.165) is 25.7 Å². The molecule has 4 unspecified atom stereocenters. The van der Waals surface area contributed by atoms with Gasteiger partial charge in [-0.3, -0.25) is 0 Å². The number of rotatable bonds is 31. The fraction of sp³-hybridized carbons (Fsp3) is 1.00. The van der Waals surface area contributed by atoms with Crippen LogP contribution in [0.1, 0.15) is 424 Å². The molecule has 922 valence electrons. The lowest BCUT2D eigenvalue weighted by atomic mass is 9.69. The van der Waals surface area contributed by atoms with Gasteiger partial charge in [-0.1, -0.05) is 366 Å². The van der Waals surface area contributed by atoms with Crippen molar-refractivity contribution in [2.75, 3.05) is 0 Å². The molecule has 0 saturated carbocycles. The average molecular weight is 2310 g/mol. The zero-order chi connectivity index (χ0) is 124. The molecule has 0 spiro atoms. The highest BCUT2D eigenvalue weighted by Gasteiger charge is 2.59. The first kappa shape index (κ1) is 176. The highest BCUT2D eigenvalue weighted by molar-refractivity contribution is 4.89. The fourth-order valence-electron chi connectivity index (χ4n) is 10.5. The molecule has 10 atom stereocenters. The molecule has 0 fully saturated rings. The number of hydrogen-bond acceptors (Lipinski definition) is 0. The molecule has 0 saturated heterocycles. The van der Waals surface area contributed by atoms with Crippen molar-refractivity contribution >= 4 is 0 Å². The van der Waals surface area contributed by atoms with Gasteiger partial charge in [0.05, 0.1) is 45.8 Å². The van der Waals surface area contributed by atoms with E-state index in [1.165, 1.54) is 90.0 Å². The maximum atomic E-state index is 12.3. The van der Waals surface area contributed by atoms with Crippen molar-refractivity contribution in [1.29, 1.82) is 0 Å². The fourth-order valence-corrected chi connectivity index (χ4v) is 10.5. The SMILES string of the molecule is CC(C)(C)C(C)(C)C(F)(F)F.CC(C)C(C)(C)C(F)(F)F.CC(C)CC(C(F)(F)F)C(F)(F)F.CC(C)[C@@H](C)C(C)C(F)(F)F.CC(C)[C@@H](C)C(C)C(F)(F)F.CCC(C)(C)CC(F)(F)F.CCC(C)[C@@H](C)C(F)(F)F.CCC(CC)CC(F)(F)F.CCCC(C)(C)C(F)(F)F.CCCCC(C(F)(F)F)C(F)(F)F.CCCCCCC(F)(F)F.CCCC[C@H](C)C(F)(F)F.CCC[C@H](C)CC(F)(F)F.CC[C@H](C)C(C)C(F)(F)F. The minimum Gasteiger partial charge on any atom is -0.171 e. The summed E-state index contributed by atoms with van der Waals surface area (Å²) >= 11 is 0. The molecule has 0 aromatic rings. The molecule has 0 N–H and O–H groups in total.